The molecule has 1 fully saturated rings. The van der Waals surface area contributed by atoms with E-state index < -0.39 is 0 Å². The highest BCUT2D eigenvalue weighted by molar-refractivity contribution is 5.38. The van der Waals surface area contributed by atoms with E-state index >= 15 is 0 Å². The molecule has 1 saturated heterocycles. The molecular formula is C13H23N5O2. The topological polar surface area (TPSA) is 72.4 Å². The summed E-state index contributed by atoms with van der Waals surface area (Å²) in [4.78, 5) is 15.2. The highest BCUT2D eigenvalue weighted by Crippen LogP contribution is 2.16. The molecule has 7 heteroatoms. The molecule has 0 aliphatic carbocycles. The first kappa shape index (κ1) is 14.8. The van der Waals surface area contributed by atoms with Crippen molar-refractivity contribution in [2.75, 3.05) is 49.7 Å². The number of anilines is 2. The van der Waals surface area contributed by atoms with Crippen molar-refractivity contribution in [2.45, 2.75) is 26.7 Å². The third-order valence-electron chi connectivity index (χ3n) is 2.96. The fourth-order valence-electron chi connectivity index (χ4n) is 1.86. The lowest BCUT2D eigenvalue weighted by molar-refractivity contribution is 0.122. The molecule has 7 nitrogen and oxygen atoms in total. The minimum Gasteiger partial charge on any atom is -0.463 e. The van der Waals surface area contributed by atoms with Crippen LogP contribution < -0.4 is 15.0 Å². The van der Waals surface area contributed by atoms with E-state index in [-0.39, 0.29) is 0 Å². The Bertz CT molecular complexity index is 410. The van der Waals surface area contributed by atoms with Crippen LogP contribution in [0.5, 0.6) is 6.01 Å². The van der Waals surface area contributed by atoms with Gasteiger partial charge in [0.25, 0.3) is 0 Å². The van der Waals surface area contributed by atoms with Crippen molar-refractivity contribution in [1.29, 1.82) is 0 Å². The smallest absolute Gasteiger partial charge is 0.323 e. The van der Waals surface area contributed by atoms with Crippen molar-refractivity contribution in [1.82, 2.24) is 15.0 Å². The van der Waals surface area contributed by atoms with Crippen LogP contribution in [0.25, 0.3) is 0 Å². The number of ether oxygens (including phenoxy) is 2. The Balaban J connectivity index is 2.11. The Hall–Kier alpha value is -1.63. The molecule has 1 aromatic heterocycles. The van der Waals surface area contributed by atoms with Crippen molar-refractivity contribution in [3.8, 4) is 6.01 Å². The Morgan fingerprint density at radius 2 is 2.00 bits per heavy atom. The maximum Gasteiger partial charge on any atom is 0.323 e. The van der Waals surface area contributed by atoms with Gasteiger partial charge in [0.05, 0.1) is 19.8 Å². The van der Waals surface area contributed by atoms with Gasteiger partial charge in [0, 0.05) is 19.6 Å². The maximum atomic E-state index is 5.60. The van der Waals surface area contributed by atoms with E-state index in [1.54, 1.807) is 0 Å². The van der Waals surface area contributed by atoms with E-state index in [0.717, 1.165) is 32.5 Å². The van der Waals surface area contributed by atoms with Crippen LogP contribution in [0.2, 0.25) is 0 Å². The van der Waals surface area contributed by atoms with E-state index in [1.165, 1.54) is 0 Å². The van der Waals surface area contributed by atoms with Crippen molar-refractivity contribution < 1.29 is 9.47 Å². The lowest BCUT2D eigenvalue weighted by atomic mass is 10.4. The minimum atomic E-state index is 0.394. The molecule has 1 aromatic rings. The standard InChI is InChI=1S/C13H23N5O2/c1-3-5-8-20-13-16-11(14-4-2)15-12(17-13)18-6-9-19-10-7-18/h3-10H2,1-2H3,(H,14,15,16,17). The summed E-state index contributed by atoms with van der Waals surface area (Å²) in [6.07, 6.45) is 2.08. The first-order valence-electron chi connectivity index (χ1n) is 7.29. The molecule has 0 aromatic carbocycles. The molecule has 0 unspecified atom stereocenters. The van der Waals surface area contributed by atoms with E-state index in [9.17, 15) is 0 Å². The zero-order valence-corrected chi connectivity index (χ0v) is 12.3. The van der Waals surface area contributed by atoms with Gasteiger partial charge in [0.2, 0.25) is 11.9 Å². The summed E-state index contributed by atoms with van der Waals surface area (Å²) in [5.74, 6) is 1.22. The molecular weight excluding hydrogens is 258 g/mol. The molecule has 0 amide bonds. The Morgan fingerprint density at radius 1 is 1.20 bits per heavy atom. The average Bonchev–Trinajstić information content (AvgIpc) is 2.49. The highest BCUT2D eigenvalue weighted by atomic mass is 16.5. The summed E-state index contributed by atoms with van der Waals surface area (Å²) >= 11 is 0. The van der Waals surface area contributed by atoms with Gasteiger partial charge in [-0.2, -0.15) is 15.0 Å². The van der Waals surface area contributed by atoms with Gasteiger partial charge in [-0.05, 0) is 13.3 Å². The highest BCUT2D eigenvalue weighted by Gasteiger charge is 2.16. The Kier molecular flexibility index (Phi) is 5.79. The van der Waals surface area contributed by atoms with Crippen molar-refractivity contribution in [2.24, 2.45) is 0 Å². The molecule has 0 saturated carbocycles. The summed E-state index contributed by atoms with van der Waals surface area (Å²) in [5, 5.41) is 3.12. The summed E-state index contributed by atoms with van der Waals surface area (Å²) in [7, 11) is 0. The van der Waals surface area contributed by atoms with E-state index in [2.05, 4.69) is 32.1 Å². The molecule has 0 atom stereocenters. The predicted octanol–water partition coefficient (Wildman–Crippen LogP) is 1.32. The van der Waals surface area contributed by atoms with Crippen LogP contribution in [0.15, 0.2) is 0 Å². The normalized spacial score (nSPS) is 15.2. The lowest BCUT2D eigenvalue weighted by Gasteiger charge is -2.26. The van der Waals surface area contributed by atoms with Crippen LogP contribution in [0.3, 0.4) is 0 Å². The molecule has 0 bridgehead atoms. The molecule has 1 aliphatic rings. The Labute approximate surface area is 119 Å². The maximum absolute atomic E-state index is 5.60. The average molecular weight is 281 g/mol. The second-order valence-electron chi connectivity index (χ2n) is 4.57. The number of rotatable bonds is 7. The number of nitrogens with zero attached hydrogens (tertiary/aromatic N) is 4. The summed E-state index contributed by atoms with van der Waals surface area (Å²) in [6.45, 7) is 8.53. The summed E-state index contributed by atoms with van der Waals surface area (Å²) in [5.41, 5.74) is 0. The monoisotopic (exact) mass is 281 g/mol. The molecule has 1 N–H and O–H groups in total. The van der Waals surface area contributed by atoms with E-state index in [0.29, 0.717) is 37.7 Å². The van der Waals surface area contributed by atoms with Gasteiger partial charge in [-0.3, -0.25) is 0 Å². The molecule has 0 radical (unpaired) electrons. The summed E-state index contributed by atoms with van der Waals surface area (Å²) in [6, 6.07) is 0.394. The van der Waals surface area contributed by atoms with Crippen molar-refractivity contribution >= 4 is 11.9 Å². The van der Waals surface area contributed by atoms with Gasteiger partial charge >= 0.3 is 6.01 Å². The molecule has 1 aliphatic heterocycles. The molecule has 2 rings (SSSR count). The number of aromatic nitrogens is 3. The number of nitrogens with one attached hydrogen (secondary N) is 1. The van der Waals surface area contributed by atoms with Gasteiger partial charge in [0.15, 0.2) is 0 Å². The van der Waals surface area contributed by atoms with Crippen LogP contribution in [0, 0.1) is 0 Å². The zero-order valence-electron chi connectivity index (χ0n) is 12.3. The zero-order chi connectivity index (χ0) is 14.2. The fraction of sp³-hybridized carbons (Fsp3) is 0.769. The van der Waals surface area contributed by atoms with Crippen molar-refractivity contribution in [3.63, 3.8) is 0 Å². The van der Waals surface area contributed by atoms with E-state index in [1.807, 2.05) is 6.92 Å². The van der Waals surface area contributed by atoms with Gasteiger partial charge in [0.1, 0.15) is 0 Å². The number of hydrogen-bond donors (Lipinski definition) is 1. The number of unbranched alkanes of at least 4 members (excludes halogenated alkanes) is 1. The van der Waals surface area contributed by atoms with Crippen LogP contribution in [0.4, 0.5) is 11.9 Å². The van der Waals surface area contributed by atoms with Crippen LogP contribution in [-0.2, 0) is 4.74 Å². The van der Waals surface area contributed by atoms with Crippen molar-refractivity contribution in [3.05, 3.63) is 0 Å². The SMILES string of the molecule is CCCCOc1nc(NCC)nc(N2CCOCC2)n1. The third-order valence-corrected chi connectivity index (χ3v) is 2.96. The van der Waals surface area contributed by atoms with Gasteiger partial charge in [-0.15, -0.1) is 0 Å². The second kappa shape index (κ2) is 7.84. The molecule has 112 valence electrons. The van der Waals surface area contributed by atoms with Crippen LogP contribution in [0.1, 0.15) is 26.7 Å². The van der Waals surface area contributed by atoms with E-state index in [4.69, 9.17) is 9.47 Å². The molecule has 0 spiro atoms. The lowest BCUT2D eigenvalue weighted by Crippen LogP contribution is -2.37. The first-order chi connectivity index (χ1) is 9.83. The number of morpholine rings is 1. The predicted molar refractivity (Wildman–Crippen MR) is 77.4 cm³/mol. The van der Waals surface area contributed by atoms with Crippen LogP contribution in [-0.4, -0.2) is 54.4 Å². The molecule has 2 heterocycles. The first-order valence-corrected chi connectivity index (χ1v) is 7.29. The number of hydrogen-bond acceptors (Lipinski definition) is 7. The minimum absolute atomic E-state index is 0.394. The van der Waals surface area contributed by atoms with Gasteiger partial charge < -0.3 is 19.7 Å². The quantitative estimate of drug-likeness (QED) is 0.756. The van der Waals surface area contributed by atoms with Crippen LogP contribution >= 0.6 is 0 Å². The van der Waals surface area contributed by atoms with Gasteiger partial charge in [-0.25, -0.2) is 0 Å². The largest absolute Gasteiger partial charge is 0.463 e. The van der Waals surface area contributed by atoms with Gasteiger partial charge in [-0.1, -0.05) is 13.3 Å². The molecule has 20 heavy (non-hydrogen) atoms. The third kappa shape index (κ3) is 4.19. The Morgan fingerprint density at radius 3 is 2.70 bits per heavy atom. The fourth-order valence-corrected chi connectivity index (χ4v) is 1.86. The second-order valence-corrected chi connectivity index (χ2v) is 4.57. The summed E-state index contributed by atoms with van der Waals surface area (Å²) < 4.78 is 11.0.